The van der Waals surface area contributed by atoms with Gasteiger partial charge in [0.15, 0.2) is 0 Å². The van der Waals surface area contributed by atoms with Gasteiger partial charge >= 0.3 is 0 Å². The molecule has 2 saturated carbocycles. The molecular formula is C10H19N. The third-order valence-electron chi connectivity index (χ3n) is 3.13. The first-order valence-corrected chi connectivity index (χ1v) is 4.94. The Kier molecular flexibility index (Phi) is 1.71. The van der Waals surface area contributed by atoms with Crippen LogP contribution in [0.5, 0.6) is 0 Å². The van der Waals surface area contributed by atoms with Crippen LogP contribution in [0, 0.1) is 11.3 Å². The van der Waals surface area contributed by atoms with Gasteiger partial charge in [0.05, 0.1) is 0 Å². The summed E-state index contributed by atoms with van der Waals surface area (Å²) in [7, 11) is 0. The fraction of sp³-hybridized carbons (Fsp3) is 1.00. The Bertz CT molecular complexity index is 139. The zero-order valence-corrected chi connectivity index (χ0v) is 7.69. The van der Waals surface area contributed by atoms with Crippen molar-refractivity contribution in [2.75, 3.05) is 6.54 Å². The van der Waals surface area contributed by atoms with E-state index in [0.717, 1.165) is 17.4 Å². The van der Waals surface area contributed by atoms with Crippen molar-refractivity contribution in [3.05, 3.63) is 0 Å². The van der Waals surface area contributed by atoms with E-state index in [4.69, 9.17) is 0 Å². The molecule has 1 heteroatoms. The standard InChI is InChI=1S/C10H19N/c1-8(2)7-11-9-5-10(6-9)3-4-10/h8-9,11H,3-7H2,1-2H3. The molecule has 0 aromatic heterocycles. The molecule has 2 aliphatic carbocycles. The molecule has 0 aromatic carbocycles. The third kappa shape index (κ3) is 1.58. The van der Waals surface area contributed by atoms with E-state index in [0.29, 0.717) is 0 Å². The molecule has 0 atom stereocenters. The van der Waals surface area contributed by atoms with Gasteiger partial charge in [0.1, 0.15) is 0 Å². The molecule has 1 spiro atoms. The Hall–Kier alpha value is -0.0400. The average Bonchev–Trinajstić information content (AvgIpc) is 2.58. The van der Waals surface area contributed by atoms with E-state index in [-0.39, 0.29) is 0 Å². The highest BCUT2D eigenvalue weighted by molar-refractivity contribution is 5.06. The van der Waals surface area contributed by atoms with Gasteiger partial charge in [0, 0.05) is 6.04 Å². The molecule has 2 rings (SSSR count). The van der Waals surface area contributed by atoms with Crippen LogP contribution in [0.2, 0.25) is 0 Å². The lowest BCUT2D eigenvalue weighted by Gasteiger charge is -2.37. The van der Waals surface area contributed by atoms with Crippen molar-refractivity contribution in [3.63, 3.8) is 0 Å². The van der Waals surface area contributed by atoms with Gasteiger partial charge in [0.25, 0.3) is 0 Å². The summed E-state index contributed by atoms with van der Waals surface area (Å²) in [4.78, 5) is 0. The SMILES string of the molecule is CC(C)CNC1CC2(CC2)C1. The minimum atomic E-state index is 0.811. The molecule has 0 radical (unpaired) electrons. The van der Waals surface area contributed by atoms with Crippen LogP contribution < -0.4 is 5.32 Å². The van der Waals surface area contributed by atoms with Crippen molar-refractivity contribution < 1.29 is 0 Å². The number of hydrogen-bond donors (Lipinski definition) is 1. The largest absolute Gasteiger partial charge is 0.314 e. The minimum absolute atomic E-state index is 0.811. The molecular weight excluding hydrogens is 134 g/mol. The smallest absolute Gasteiger partial charge is 0.00777 e. The second kappa shape index (κ2) is 2.48. The highest BCUT2D eigenvalue weighted by Gasteiger charge is 2.52. The van der Waals surface area contributed by atoms with Gasteiger partial charge in [-0.3, -0.25) is 0 Å². The predicted octanol–water partition coefficient (Wildman–Crippen LogP) is 2.17. The summed E-state index contributed by atoms with van der Waals surface area (Å²) in [6, 6.07) is 0.875. The van der Waals surface area contributed by atoms with E-state index in [2.05, 4.69) is 19.2 Å². The lowest BCUT2D eigenvalue weighted by Crippen LogP contribution is -2.43. The fourth-order valence-electron chi connectivity index (χ4n) is 2.12. The van der Waals surface area contributed by atoms with Crippen molar-refractivity contribution in [1.82, 2.24) is 5.32 Å². The maximum atomic E-state index is 3.61. The van der Waals surface area contributed by atoms with Crippen LogP contribution in [-0.2, 0) is 0 Å². The van der Waals surface area contributed by atoms with Crippen molar-refractivity contribution in [2.24, 2.45) is 11.3 Å². The van der Waals surface area contributed by atoms with Gasteiger partial charge in [-0.05, 0) is 43.6 Å². The van der Waals surface area contributed by atoms with Gasteiger partial charge in [-0.25, -0.2) is 0 Å². The Labute approximate surface area is 69.6 Å². The predicted molar refractivity (Wildman–Crippen MR) is 47.5 cm³/mol. The van der Waals surface area contributed by atoms with Crippen molar-refractivity contribution in [2.45, 2.75) is 45.6 Å². The van der Waals surface area contributed by atoms with Crippen LogP contribution in [0.25, 0.3) is 0 Å². The highest BCUT2D eigenvalue weighted by atomic mass is 14.9. The lowest BCUT2D eigenvalue weighted by molar-refractivity contribution is 0.195. The molecule has 0 heterocycles. The van der Waals surface area contributed by atoms with Gasteiger partial charge in [0.2, 0.25) is 0 Å². The molecule has 0 aliphatic heterocycles. The van der Waals surface area contributed by atoms with E-state index in [1.807, 2.05) is 0 Å². The quantitative estimate of drug-likeness (QED) is 0.655. The average molecular weight is 153 g/mol. The molecule has 0 unspecified atom stereocenters. The van der Waals surface area contributed by atoms with Crippen molar-refractivity contribution >= 4 is 0 Å². The molecule has 0 bridgehead atoms. The Morgan fingerprint density at radius 2 is 2.00 bits per heavy atom. The molecule has 64 valence electrons. The van der Waals surface area contributed by atoms with E-state index < -0.39 is 0 Å². The minimum Gasteiger partial charge on any atom is -0.314 e. The zero-order chi connectivity index (χ0) is 7.90. The number of nitrogens with one attached hydrogen (secondary N) is 1. The lowest BCUT2D eigenvalue weighted by atomic mass is 9.77. The normalized spacial score (nSPS) is 27.5. The molecule has 0 saturated heterocycles. The second-order valence-electron chi connectivity index (χ2n) is 4.91. The Balaban J connectivity index is 1.60. The summed E-state index contributed by atoms with van der Waals surface area (Å²) in [5.74, 6) is 0.811. The zero-order valence-electron chi connectivity index (χ0n) is 7.69. The first kappa shape index (κ1) is 7.60. The molecule has 2 fully saturated rings. The highest BCUT2D eigenvalue weighted by Crippen LogP contribution is 2.60. The Morgan fingerprint density at radius 3 is 2.45 bits per heavy atom. The second-order valence-corrected chi connectivity index (χ2v) is 4.91. The van der Waals surface area contributed by atoms with Crippen LogP contribution in [0.1, 0.15) is 39.5 Å². The van der Waals surface area contributed by atoms with Gasteiger partial charge in [-0.15, -0.1) is 0 Å². The van der Waals surface area contributed by atoms with Crippen LogP contribution >= 0.6 is 0 Å². The fourth-order valence-corrected chi connectivity index (χ4v) is 2.12. The molecule has 0 aromatic rings. The van der Waals surface area contributed by atoms with E-state index >= 15 is 0 Å². The maximum Gasteiger partial charge on any atom is 0.00777 e. The van der Waals surface area contributed by atoms with Gasteiger partial charge < -0.3 is 5.32 Å². The summed E-state index contributed by atoms with van der Waals surface area (Å²) in [5, 5.41) is 3.61. The third-order valence-corrected chi connectivity index (χ3v) is 3.13. The number of hydrogen-bond acceptors (Lipinski definition) is 1. The van der Waals surface area contributed by atoms with Crippen molar-refractivity contribution in [3.8, 4) is 0 Å². The summed E-state index contributed by atoms with van der Waals surface area (Å²) in [5.41, 5.74) is 0.870. The topological polar surface area (TPSA) is 12.0 Å². The number of rotatable bonds is 3. The summed E-state index contributed by atoms with van der Waals surface area (Å²) in [6.45, 7) is 5.76. The molecule has 1 N–H and O–H groups in total. The molecule has 0 amide bonds. The van der Waals surface area contributed by atoms with Crippen LogP contribution in [0.4, 0.5) is 0 Å². The van der Waals surface area contributed by atoms with Gasteiger partial charge in [-0.1, -0.05) is 13.8 Å². The molecule has 1 nitrogen and oxygen atoms in total. The summed E-state index contributed by atoms with van der Waals surface area (Å²) >= 11 is 0. The van der Waals surface area contributed by atoms with Gasteiger partial charge in [-0.2, -0.15) is 0 Å². The van der Waals surface area contributed by atoms with E-state index in [9.17, 15) is 0 Å². The summed E-state index contributed by atoms with van der Waals surface area (Å²) in [6.07, 6.45) is 5.99. The summed E-state index contributed by atoms with van der Waals surface area (Å²) < 4.78 is 0. The van der Waals surface area contributed by atoms with Crippen LogP contribution in [-0.4, -0.2) is 12.6 Å². The Morgan fingerprint density at radius 1 is 1.36 bits per heavy atom. The van der Waals surface area contributed by atoms with Crippen LogP contribution in [0.15, 0.2) is 0 Å². The van der Waals surface area contributed by atoms with E-state index in [1.165, 1.54) is 32.2 Å². The van der Waals surface area contributed by atoms with E-state index in [1.54, 1.807) is 0 Å². The molecule has 11 heavy (non-hydrogen) atoms. The monoisotopic (exact) mass is 153 g/mol. The van der Waals surface area contributed by atoms with Crippen molar-refractivity contribution in [1.29, 1.82) is 0 Å². The van der Waals surface area contributed by atoms with Crippen LogP contribution in [0.3, 0.4) is 0 Å². The molecule has 2 aliphatic rings. The first-order valence-electron chi connectivity index (χ1n) is 4.94. The maximum absolute atomic E-state index is 3.61. The first-order chi connectivity index (χ1) is 5.20.